The van der Waals surface area contributed by atoms with Gasteiger partial charge < -0.3 is 24.6 Å². The van der Waals surface area contributed by atoms with Crippen LogP contribution in [0.1, 0.15) is 36.2 Å². The predicted octanol–water partition coefficient (Wildman–Crippen LogP) is 2.15. The summed E-state index contributed by atoms with van der Waals surface area (Å²) < 4.78 is 2.03. The number of carbonyl (C=O) groups excluding carboxylic acids is 1. The molecule has 1 atom stereocenters. The van der Waals surface area contributed by atoms with Gasteiger partial charge in [-0.2, -0.15) is 0 Å². The van der Waals surface area contributed by atoms with Gasteiger partial charge in [-0.05, 0) is 37.8 Å². The molecule has 2 aliphatic heterocycles. The fourth-order valence-electron chi connectivity index (χ4n) is 4.43. The monoisotopic (exact) mass is 426 g/mol. The first-order chi connectivity index (χ1) is 14.7. The summed E-state index contributed by atoms with van der Waals surface area (Å²) in [6, 6.07) is 4.01. The number of aliphatic hydroxyl groups excluding tert-OH is 1. The van der Waals surface area contributed by atoms with Crippen LogP contribution in [0, 0.1) is 0 Å². The molecule has 158 valence electrons. The highest BCUT2D eigenvalue weighted by molar-refractivity contribution is 7.13. The third-order valence-corrected chi connectivity index (χ3v) is 7.02. The molecule has 2 N–H and O–H groups in total. The molecule has 2 fully saturated rings. The Hall–Kier alpha value is -2.65. The van der Waals surface area contributed by atoms with E-state index in [4.69, 9.17) is 0 Å². The molecule has 30 heavy (non-hydrogen) atoms. The molecular weight excluding hydrogens is 400 g/mol. The fourth-order valence-corrected chi connectivity index (χ4v) is 5.29. The number of piperidine rings is 1. The minimum absolute atomic E-state index is 0.123. The first-order valence-corrected chi connectivity index (χ1v) is 11.4. The van der Waals surface area contributed by atoms with Crippen molar-refractivity contribution in [2.75, 3.05) is 42.6 Å². The summed E-state index contributed by atoms with van der Waals surface area (Å²) in [5.74, 6) is 0.646. The van der Waals surface area contributed by atoms with Gasteiger partial charge in [0, 0.05) is 50.1 Å². The summed E-state index contributed by atoms with van der Waals surface area (Å²) in [4.78, 5) is 26.5. The predicted molar refractivity (Wildman–Crippen MR) is 117 cm³/mol. The molecule has 0 radical (unpaired) electrons. The highest BCUT2D eigenvalue weighted by Gasteiger charge is 2.40. The van der Waals surface area contributed by atoms with Crippen molar-refractivity contribution in [3.05, 3.63) is 41.8 Å². The van der Waals surface area contributed by atoms with Crippen molar-refractivity contribution < 1.29 is 9.90 Å². The molecule has 0 saturated carbocycles. The number of hydrogen-bond acceptors (Lipinski definition) is 7. The van der Waals surface area contributed by atoms with Gasteiger partial charge >= 0.3 is 0 Å². The molecule has 1 unspecified atom stereocenters. The number of carbonyl (C=O) groups is 1. The van der Waals surface area contributed by atoms with Crippen LogP contribution in [-0.4, -0.2) is 63.7 Å². The van der Waals surface area contributed by atoms with Crippen molar-refractivity contribution in [2.45, 2.75) is 31.2 Å². The number of fused-ring (bicyclic) bond motifs is 1. The largest absolute Gasteiger partial charge is 0.394 e. The van der Waals surface area contributed by atoms with Gasteiger partial charge in [0.05, 0.1) is 17.7 Å². The Labute approximate surface area is 179 Å². The summed E-state index contributed by atoms with van der Waals surface area (Å²) in [5, 5.41) is 16.0. The van der Waals surface area contributed by atoms with Gasteiger partial charge in [-0.25, -0.2) is 9.97 Å². The van der Waals surface area contributed by atoms with E-state index in [0.29, 0.717) is 18.7 Å². The maximum Gasteiger partial charge on any atom is 0.271 e. The molecule has 5 heterocycles. The number of rotatable bonds is 5. The van der Waals surface area contributed by atoms with Crippen LogP contribution < -0.4 is 15.1 Å². The minimum Gasteiger partial charge on any atom is -0.394 e. The van der Waals surface area contributed by atoms with Crippen LogP contribution >= 0.6 is 11.3 Å². The van der Waals surface area contributed by atoms with E-state index < -0.39 is 5.54 Å². The number of nitrogens with one attached hydrogen (secondary N) is 1. The maximum atomic E-state index is 12.9. The maximum absolute atomic E-state index is 12.9. The molecule has 0 spiro atoms. The lowest BCUT2D eigenvalue weighted by atomic mass is 10.00. The van der Waals surface area contributed by atoms with E-state index in [1.54, 1.807) is 6.20 Å². The minimum atomic E-state index is -0.701. The molecule has 5 rings (SSSR count). The first kappa shape index (κ1) is 19.3. The third kappa shape index (κ3) is 3.52. The Kier molecular flexibility index (Phi) is 5.08. The van der Waals surface area contributed by atoms with Crippen molar-refractivity contribution in [1.29, 1.82) is 0 Å². The van der Waals surface area contributed by atoms with E-state index >= 15 is 0 Å². The topological polar surface area (TPSA) is 86.0 Å². The number of aliphatic hydroxyl groups is 1. The Morgan fingerprint density at radius 1 is 1.20 bits per heavy atom. The van der Waals surface area contributed by atoms with Crippen molar-refractivity contribution in [3.63, 3.8) is 0 Å². The van der Waals surface area contributed by atoms with E-state index in [1.807, 2.05) is 34.3 Å². The summed E-state index contributed by atoms with van der Waals surface area (Å²) >= 11 is 1.52. The van der Waals surface area contributed by atoms with E-state index in [-0.39, 0.29) is 12.5 Å². The number of anilines is 2. The van der Waals surface area contributed by atoms with Gasteiger partial charge in [-0.3, -0.25) is 4.79 Å². The van der Waals surface area contributed by atoms with Crippen LogP contribution in [0.15, 0.2) is 36.1 Å². The average molecular weight is 427 g/mol. The molecule has 3 aromatic rings. The van der Waals surface area contributed by atoms with Crippen molar-refractivity contribution >= 4 is 33.7 Å². The molecule has 0 aliphatic carbocycles. The van der Waals surface area contributed by atoms with Crippen LogP contribution in [0.2, 0.25) is 0 Å². The number of nitrogens with zero attached hydrogens (tertiary/aromatic N) is 5. The van der Waals surface area contributed by atoms with E-state index in [0.717, 1.165) is 36.1 Å². The van der Waals surface area contributed by atoms with Crippen LogP contribution in [0.3, 0.4) is 0 Å². The van der Waals surface area contributed by atoms with Gasteiger partial charge in [-0.15, -0.1) is 11.3 Å². The molecule has 3 aromatic heterocycles. The van der Waals surface area contributed by atoms with E-state index in [2.05, 4.69) is 25.1 Å². The highest BCUT2D eigenvalue weighted by atomic mass is 32.1. The Bertz CT molecular complexity index is 1040. The van der Waals surface area contributed by atoms with Crippen molar-refractivity contribution in [3.8, 4) is 0 Å². The van der Waals surface area contributed by atoms with Crippen LogP contribution in [0.4, 0.5) is 10.9 Å². The number of amides is 1. The molecule has 2 aliphatic rings. The fraction of sp³-hybridized carbons (Fsp3) is 0.476. The summed E-state index contributed by atoms with van der Waals surface area (Å²) in [7, 11) is 0. The summed E-state index contributed by atoms with van der Waals surface area (Å²) in [5.41, 5.74) is 0.745. The second kappa shape index (κ2) is 7.88. The normalized spacial score (nSPS) is 22.0. The lowest BCUT2D eigenvalue weighted by Crippen LogP contribution is -2.53. The van der Waals surface area contributed by atoms with Crippen molar-refractivity contribution in [1.82, 2.24) is 19.7 Å². The Balaban J connectivity index is 1.30. The standard InChI is InChI=1S/C21H26N6O2S/c28-15-21(6-11-27(14-21)18-17-5-4-10-25(17)12-7-22-18)24-19(29)16-13-30-20(23-16)26-8-2-1-3-9-26/h4-5,7,10,12-13,28H,1-3,6,8-9,11,14-15H2,(H,24,29). The number of hydrogen-bond donors (Lipinski definition) is 2. The van der Waals surface area contributed by atoms with Crippen molar-refractivity contribution in [2.24, 2.45) is 0 Å². The van der Waals surface area contributed by atoms with Gasteiger partial charge in [-0.1, -0.05) is 0 Å². The lowest BCUT2D eigenvalue weighted by molar-refractivity contribution is 0.0850. The number of thiazole rings is 1. The number of aromatic nitrogens is 3. The SMILES string of the molecule is O=C(NC1(CO)CCN(c2nccn3cccc23)C1)c1csc(N2CCCCC2)n1. The lowest BCUT2D eigenvalue weighted by Gasteiger charge is -2.28. The van der Waals surface area contributed by atoms with E-state index in [9.17, 15) is 9.90 Å². The molecule has 0 aromatic carbocycles. The highest BCUT2D eigenvalue weighted by Crippen LogP contribution is 2.29. The zero-order chi connectivity index (χ0) is 20.6. The molecule has 8 nitrogen and oxygen atoms in total. The molecule has 2 saturated heterocycles. The van der Waals surface area contributed by atoms with Crippen LogP contribution in [-0.2, 0) is 0 Å². The second-order valence-corrected chi connectivity index (χ2v) is 9.02. The summed E-state index contributed by atoms with van der Waals surface area (Å²) in [6.07, 6.45) is 9.94. The molecule has 9 heteroatoms. The van der Waals surface area contributed by atoms with Gasteiger partial charge in [0.1, 0.15) is 5.69 Å². The third-order valence-electron chi connectivity index (χ3n) is 6.12. The molecule has 0 bridgehead atoms. The van der Waals surface area contributed by atoms with Gasteiger partial charge in [0.15, 0.2) is 10.9 Å². The molecular formula is C21H26N6O2S. The zero-order valence-electron chi connectivity index (χ0n) is 16.8. The van der Waals surface area contributed by atoms with Crippen LogP contribution in [0.5, 0.6) is 0 Å². The Morgan fingerprint density at radius 3 is 2.90 bits per heavy atom. The summed E-state index contributed by atoms with van der Waals surface area (Å²) in [6.45, 7) is 3.11. The quantitative estimate of drug-likeness (QED) is 0.650. The molecule has 1 amide bonds. The zero-order valence-corrected chi connectivity index (χ0v) is 17.6. The van der Waals surface area contributed by atoms with E-state index in [1.165, 1.54) is 30.6 Å². The second-order valence-electron chi connectivity index (χ2n) is 8.18. The average Bonchev–Trinajstić information content (AvgIpc) is 3.53. The van der Waals surface area contributed by atoms with Gasteiger partial charge in [0.25, 0.3) is 5.91 Å². The van der Waals surface area contributed by atoms with Crippen LogP contribution in [0.25, 0.3) is 5.52 Å². The van der Waals surface area contributed by atoms with Gasteiger partial charge in [0.2, 0.25) is 0 Å². The first-order valence-electron chi connectivity index (χ1n) is 10.5. The smallest absolute Gasteiger partial charge is 0.271 e. The Morgan fingerprint density at radius 2 is 2.07 bits per heavy atom.